The number of hydrogen-bond acceptors (Lipinski definition) is 3. The largest absolute Gasteiger partial charge is 0.505 e. The van der Waals surface area contributed by atoms with Crippen LogP contribution in [0.4, 0.5) is 0 Å². The van der Waals surface area contributed by atoms with Crippen LogP contribution in [-0.2, 0) is 0 Å². The van der Waals surface area contributed by atoms with Gasteiger partial charge in [-0.15, -0.1) is 11.3 Å². The first-order valence-electron chi connectivity index (χ1n) is 3.02. The molecule has 0 radical (unpaired) electrons. The van der Waals surface area contributed by atoms with E-state index in [1.807, 2.05) is 6.92 Å². The first-order chi connectivity index (χ1) is 5.04. The summed E-state index contributed by atoms with van der Waals surface area (Å²) in [7, 11) is 0. The predicted octanol–water partition coefficient (Wildman–Crippen LogP) is 2.73. The quantitative estimate of drug-likeness (QED) is 0.760. The predicted molar refractivity (Wildman–Crippen MR) is 48.4 cm³/mol. The number of thiophene rings is 1. The molecule has 4 heteroatoms. The van der Waals surface area contributed by atoms with E-state index in [4.69, 9.17) is 0 Å². The molecule has 0 fully saturated rings. The van der Waals surface area contributed by atoms with Gasteiger partial charge in [-0.25, -0.2) is 0 Å². The molecule has 0 aliphatic carbocycles. The van der Waals surface area contributed by atoms with Gasteiger partial charge >= 0.3 is 0 Å². The smallest absolute Gasteiger partial charge is 0.164 e. The zero-order chi connectivity index (χ0) is 8.59. The van der Waals surface area contributed by atoms with E-state index in [0.29, 0.717) is 9.35 Å². The van der Waals surface area contributed by atoms with Crippen LogP contribution in [0.3, 0.4) is 0 Å². The van der Waals surface area contributed by atoms with E-state index in [0.717, 1.165) is 4.88 Å². The van der Waals surface area contributed by atoms with Gasteiger partial charge < -0.3 is 5.11 Å². The van der Waals surface area contributed by atoms with Gasteiger partial charge in [-0.2, -0.15) is 0 Å². The maximum Gasteiger partial charge on any atom is 0.164 e. The Morgan fingerprint density at radius 1 is 1.64 bits per heavy atom. The molecule has 1 N–H and O–H groups in total. The number of aromatic hydroxyl groups is 1. The summed E-state index contributed by atoms with van der Waals surface area (Å²) in [5.74, 6) is -0.0260. The molecule has 0 amide bonds. The number of hydrogen-bond donors (Lipinski definition) is 1. The normalized spacial score (nSPS) is 10.1. The van der Waals surface area contributed by atoms with E-state index in [-0.39, 0.29) is 11.5 Å². The minimum atomic E-state index is -0.0954. The number of ketones is 1. The summed E-state index contributed by atoms with van der Waals surface area (Å²) < 4.78 is 0.625. The molecule has 1 aromatic heterocycles. The topological polar surface area (TPSA) is 37.3 Å². The summed E-state index contributed by atoms with van der Waals surface area (Å²) in [6.45, 7) is 3.26. The van der Waals surface area contributed by atoms with Crippen LogP contribution < -0.4 is 0 Å². The number of Topliss-reactive ketones (excluding diaryl/α,β-unsaturated/α-hetero) is 1. The highest BCUT2D eigenvalue weighted by molar-refractivity contribution is 9.11. The highest BCUT2D eigenvalue weighted by Crippen LogP contribution is 2.38. The Morgan fingerprint density at radius 2 is 2.18 bits per heavy atom. The first kappa shape index (κ1) is 8.74. The molecular formula is C7H7BrO2S. The standard InChI is InChI=1S/C7H7BrO2S/c1-3(9)5-4(2)11-7(8)6(5)10/h10H,1-2H3. The van der Waals surface area contributed by atoms with Gasteiger partial charge in [0.2, 0.25) is 0 Å². The second-order valence-corrected chi connectivity index (χ2v) is 4.75. The van der Waals surface area contributed by atoms with Crippen molar-refractivity contribution in [3.8, 4) is 5.75 Å². The summed E-state index contributed by atoms with van der Waals surface area (Å²) in [4.78, 5) is 11.8. The van der Waals surface area contributed by atoms with E-state index in [9.17, 15) is 9.90 Å². The van der Waals surface area contributed by atoms with Crippen molar-refractivity contribution in [2.45, 2.75) is 13.8 Å². The van der Waals surface area contributed by atoms with Gasteiger partial charge in [0, 0.05) is 4.88 Å². The van der Waals surface area contributed by atoms with Crippen LogP contribution in [0.25, 0.3) is 0 Å². The fourth-order valence-corrected chi connectivity index (χ4v) is 2.65. The molecule has 0 saturated carbocycles. The summed E-state index contributed by atoms with van der Waals surface area (Å²) in [6.07, 6.45) is 0. The second kappa shape index (κ2) is 2.95. The molecule has 0 spiro atoms. The summed E-state index contributed by atoms with van der Waals surface area (Å²) in [6, 6.07) is 0. The van der Waals surface area contributed by atoms with Crippen molar-refractivity contribution in [2.24, 2.45) is 0 Å². The fraction of sp³-hybridized carbons (Fsp3) is 0.286. The molecule has 1 rings (SSSR count). The lowest BCUT2D eigenvalue weighted by atomic mass is 10.2. The third kappa shape index (κ3) is 1.46. The lowest BCUT2D eigenvalue weighted by Crippen LogP contribution is -1.91. The average molecular weight is 235 g/mol. The van der Waals surface area contributed by atoms with Crippen molar-refractivity contribution >= 4 is 33.0 Å². The number of carbonyl (C=O) groups excluding carboxylic acids is 1. The van der Waals surface area contributed by atoms with E-state index >= 15 is 0 Å². The van der Waals surface area contributed by atoms with Gasteiger partial charge in [0.15, 0.2) is 11.5 Å². The molecule has 11 heavy (non-hydrogen) atoms. The number of halogens is 1. The van der Waals surface area contributed by atoms with Crippen molar-refractivity contribution in [3.05, 3.63) is 14.2 Å². The number of aryl methyl sites for hydroxylation is 1. The third-order valence-corrected chi connectivity index (χ3v) is 3.11. The number of rotatable bonds is 1. The van der Waals surface area contributed by atoms with E-state index in [1.165, 1.54) is 18.3 Å². The van der Waals surface area contributed by atoms with Gasteiger partial charge in [0.05, 0.1) is 5.56 Å². The van der Waals surface area contributed by atoms with Gasteiger partial charge in [0.25, 0.3) is 0 Å². The molecule has 0 aliphatic rings. The van der Waals surface area contributed by atoms with E-state index < -0.39 is 0 Å². The summed E-state index contributed by atoms with van der Waals surface area (Å²) >= 11 is 4.52. The van der Waals surface area contributed by atoms with Crippen LogP contribution in [0.1, 0.15) is 22.2 Å². The minimum absolute atomic E-state index is 0.0694. The summed E-state index contributed by atoms with van der Waals surface area (Å²) in [5.41, 5.74) is 0.432. The maximum atomic E-state index is 10.9. The SMILES string of the molecule is CC(=O)c1c(C)sc(Br)c1O. The Kier molecular flexibility index (Phi) is 2.34. The van der Waals surface area contributed by atoms with Crippen LogP contribution in [0, 0.1) is 6.92 Å². The van der Waals surface area contributed by atoms with Crippen LogP contribution in [0.2, 0.25) is 0 Å². The average Bonchev–Trinajstić information content (AvgIpc) is 2.07. The Labute approximate surface area is 77.0 Å². The molecule has 0 unspecified atom stereocenters. The molecule has 0 saturated heterocycles. The van der Waals surface area contributed by atoms with Crippen molar-refractivity contribution in [3.63, 3.8) is 0 Å². The number of carbonyl (C=O) groups is 1. The lowest BCUT2D eigenvalue weighted by molar-refractivity contribution is 0.101. The summed E-state index contributed by atoms with van der Waals surface area (Å²) in [5, 5.41) is 9.33. The third-order valence-electron chi connectivity index (χ3n) is 1.37. The van der Waals surface area contributed by atoms with Gasteiger partial charge in [-0.05, 0) is 29.8 Å². The van der Waals surface area contributed by atoms with Crippen molar-refractivity contribution in [1.29, 1.82) is 0 Å². The lowest BCUT2D eigenvalue weighted by Gasteiger charge is -1.92. The second-order valence-electron chi connectivity index (χ2n) is 2.21. The highest BCUT2D eigenvalue weighted by Gasteiger charge is 2.15. The molecule has 0 atom stereocenters. The molecule has 1 heterocycles. The minimum Gasteiger partial charge on any atom is -0.505 e. The molecule has 60 valence electrons. The molecule has 0 bridgehead atoms. The maximum absolute atomic E-state index is 10.9. The molecule has 0 aliphatic heterocycles. The Morgan fingerprint density at radius 3 is 2.36 bits per heavy atom. The van der Waals surface area contributed by atoms with Crippen molar-refractivity contribution < 1.29 is 9.90 Å². The first-order valence-corrected chi connectivity index (χ1v) is 4.63. The monoisotopic (exact) mass is 234 g/mol. The van der Waals surface area contributed by atoms with Crippen molar-refractivity contribution in [1.82, 2.24) is 0 Å². The fourth-order valence-electron chi connectivity index (χ4n) is 0.913. The van der Waals surface area contributed by atoms with Gasteiger partial charge in [0.1, 0.15) is 3.79 Å². The van der Waals surface area contributed by atoms with Crippen molar-refractivity contribution in [2.75, 3.05) is 0 Å². The Balaban J connectivity index is 3.34. The van der Waals surface area contributed by atoms with Crippen LogP contribution in [0.15, 0.2) is 3.79 Å². The van der Waals surface area contributed by atoms with E-state index in [1.54, 1.807) is 0 Å². The van der Waals surface area contributed by atoms with Gasteiger partial charge in [-0.1, -0.05) is 0 Å². The zero-order valence-electron chi connectivity index (χ0n) is 6.14. The highest BCUT2D eigenvalue weighted by atomic mass is 79.9. The van der Waals surface area contributed by atoms with Gasteiger partial charge in [-0.3, -0.25) is 4.79 Å². The molecule has 2 nitrogen and oxygen atoms in total. The van der Waals surface area contributed by atoms with Crippen LogP contribution in [0.5, 0.6) is 5.75 Å². The van der Waals surface area contributed by atoms with Crippen LogP contribution in [-0.4, -0.2) is 10.9 Å². The van der Waals surface area contributed by atoms with E-state index in [2.05, 4.69) is 15.9 Å². The molecular weight excluding hydrogens is 228 g/mol. The molecule has 1 aromatic rings. The molecule has 0 aromatic carbocycles. The zero-order valence-corrected chi connectivity index (χ0v) is 8.54. The Hall–Kier alpha value is -0.350. The van der Waals surface area contributed by atoms with Crippen LogP contribution >= 0.6 is 27.3 Å². The Bertz CT molecular complexity index is 304.